The smallest absolute Gasteiger partial charge is 0.238 e. The van der Waals surface area contributed by atoms with Crippen molar-refractivity contribution in [2.45, 2.75) is 30.7 Å². The van der Waals surface area contributed by atoms with Gasteiger partial charge in [0, 0.05) is 11.6 Å². The summed E-state index contributed by atoms with van der Waals surface area (Å²) in [4.78, 5) is 12.9. The molecule has 2 aromatic carbocycles. The summed E-state index contributed by atoms with van der Waals surface area (Å²) < 4.78 is 26.9. The van der Waals surface area contributed by atoms with Gasteiger partial charge >= 0.3 is 0 Å². The van der Waals surface area contributed by atoms with Crippen LogP contribution in [0, 0.1) is 0 Å². The molecule has 3 aromatic rings. The number of ether oxygens (including phenoxy) is 4. The lowest BCUT2D eigenvalue weighted by molar-refractivity contribution is -0.277. The molecule has 4 rings (SSSR count). The molecule has 1 aromatic heterocycles. The van der Waals surface area contributed by atoms with Crippen LogP contribution in [0.1, 0.15) is 0 Å². The highest BCUT2D eigenvalue weighted by Crippen LogP contribution is 2.44. The molecule has 0 aliphatic carbocycles. The van der Waals surface area contributed by atoms with Crippen LogP contribution in [0.5, 0.6) is 28.7 Å². The number of benzene rings is 2. The molecular formula is C23H24O12. The van der Waals surface area contributed by atoms with Crippen molar-refractivity contribution in [1.29, 1.82) is 0 Å². The number of hydrogen-bond donors (Lipinski definition) is 6. The predicted octanol–water partition coefficient (Wildman–Crippen LogP) is 0.0671. The Bertz CT molecular complexity index is 1270. The second kappa shape index (κ2) is 9.60. The third-order valence-electron chi connectivity index (χ3n) is 5.70. The molecule has 6 N–H and O–H groups in total. The van der Waals surface area contributed by atoms with Gasteiger partial charge in [-0.3, -0.25) is 4.79 Å². The molecule has 1 aliphatic rings. The highest BCUT2D eigenvalue weighted by molar-refractivity contribution is 5.91. The quantitative estimate of drug-likeness (QED) is 0.272. The van der Waals surface area contributed by atoms with Crippen molar-refractivity contribution in [2.75, 3.05) is 20.8 Å². The van der Waals surface area contributed by atoms with Gasteiger partial charge in [0.2, 0.25) is 23.2 Å². The van der Waals surface area contributed by atoms with Crippen molar-refractivity contribution in [3.8, 4) is 40.1 Å². The van der Waals surface area contributed by atoms with Crippen molar-refractivity contribution in [3.05, 3.63) is 40.6 Å². The van der Waals surface area contributed by atoms with Gasteiger partial charge in [-0.1, -0.05) is 0 Å². The fourth-order valence-corrected chi connectivity index (χ4v) is 3.80. The summed E-state index contributed by atoms with van der Waals surface area (Å²) in [7, 11) is 2.66. The molecule has 1 aliphatic heterocycles. The minimum Gasteiger partial charge on any atom is -0.504 e. The first-order valence-corrected chi connectivity index (χ1v) is 10.4. The third-order valence-corrected chi connectivity index (χ3v) is 5.70. The van der Waals surface area contributed by atoms with Crippen LogP contribution in [-0.2, 0) is 4.74 Å². The highest BCUT2D eigenvalue weighted by Gasteiger charge is 2.45. The van der Waals surface area contributed by atoms with E-state index in [2.05, 4.69) is 0 Å². The lowest BCUT2D eigenvalue weighted by Gasteiger charge is -2.39. The summed E-state index contributed by atoms with van der Waals surface area (Å²) >= 11 is 0. The molecule has 0 radical (unpaired) electrons. The average molecular weight is 492 g/mol. The average Bonchev–Trinajstić information content (AvgIpc) is 2.86. The van der Waals surface area contributed by atoms with Gasteiger partial charge in [0.15, 0.2) is 17.3 Å². The van der Waals surface area contributed by atoms with E-state index in [0.717, 1.165) is 0 Å². The Labute approximate surface area is 197 Å². The minimum atomic E-state index is -1.74. The van der Waals surface area contributed by atoms with Crippen LogP contribution in [0.2, 0.25) is 0 Å². The first-order valence-electron chi connectivity index (χ1n) is 10.4. The second-order valence-corrected chi connectivity index (χ2v) is 7.78. The maximum Gasteiger partial charge on any atom is 0.238 e. The monoisotopic (exact) mass is 492 g/mol. The molecule has 12 nitrogen and oxygen atoms in total. The van der Waals surface area contributed by atoms with Gasteiger partial charge in [-0.2, -0.15) is 0 Å². The number of aliphatic hydroxyl groups excluding tert-OH is 4. The van der Waals surface area contributed by atoms with E-state index in [1.54, 1.807) is 24.3 Å². The van der Waals surface area contributed by atoms with Crippen LogP contribution in [0.25, 0.3) is 22.3 Å². The highest BCUT2D eigenvalue weighted by atomic mass is 16.7. The van der Waals surface area contributed by atoms with Crippen molar-refractivity contribution >= 4 is 11.0 Å². The van der Waals surface area contributed by atoms with E-state index >= 15 is 0 Å². The number of rotatable bonds is 6. The number of phenolic OH excluding ortho intramolecular Hbond substituents is 1. The zero-order valence-corrected chi connectivity index (χ0v) is 18.6. The summed E-state index contributed by atoms with van der Waals surface area (Å²) in [6.45, 7) is -0.676. The molecule has 0 bridgehead atoms. The third kappa shape index (κ3) is 4.22. The molecule has 12 heteroatoms. The summed E-state index contributed by atoms with van der Waals surface area (Å²) in [5.74, 6) is -1.71. The molecular weight excluding hydrogens is 468 g/mol. The molecule has 5 atom stereocenters. The number of aromatic hydroxyl groups is 2. The van der Waals surface area contributed by atoms with Crippen LogP contribution in [0.3, 0.4) is 0 Å². The SMILES string of the molecule is COc1ccc(-c2oc3cc(OC4OC(CO)C(O)C(O)C4O)c(OC)c(O)c3c(=O)c2O)cc1. The van der Waals surface area contributed by atoms with Gasteiger partial charge in [0.25, 0.3) is 0 Å². The topological polar surface area (TPSA) is 189 Å². The van der Waals surface area contributed by atoms with E-state index in [4.69, 9.17) is 23.4 Å². The molecule has 1 saturated heterocycles. The zero-order chi connectivity index (χ0) is 25.4. The standard InChI is InChI=1S/C23H24O12/c1-31-10-5-3-9(4-6-10)21-19(29)16(26)14-11(33-21)7-12(22(32-2)17(14)27)34-23-20(30)18(28)15(25)13(8-24)35-23/h3-7,13,15,18,20,23-25,27-30H,8H2,1-2H3. The zero-order valence-electron chi connectivity index (χ0n) is 18.6. The van der Waals surface area contributed by atoms with Crippen molar-refractivity contribution in [3.63, 3.8) is 0 Å². The van der Waals surface area contributed by atoms with Gasteiger partial charge in [-0.25, -0.2) is 0 Å². The largest absolute Gasteiger partial charge is 0.504 e. The van der Waals surface area contributed by atoms with Gasteiger partial charge in [0.1, 0.15) is 41.1 Å². The van der Waals surface area contributed by atoms with Crippen LogP contribution in [0.4, 0.5) is 0 Å². The molecule has 188 valence electrons. The van der Waals surface area contributed by atoms with E-state index in [0.29, 0.717) is 11.3 Å². The van der Waals surface area contributed by atoms with Crippen molar-refractivity contribution in [2.24, 2.45) is 0 Å². The fraction of sp³-hybridized carbons (Fsp3) is 0.348. The van der Waals surface area contributed by atoms with E-state index in [9.17, 15) is 35.4 Å². The van der Waals surface area contributed by atoms with Crippen LogP contribution in [-0.4, -0.2) is 82.2 Å². The fourth-order valence-electron chi connectivity index (χ4n) is 3.80. The predicted molar refractivity (Wildman–Crippen MR) is 119 cm³/mol. The second-order valence-electron chi connectivity index (χ2n) is 7.78. The summed E-state index contributed by atoms with van der Waals surface area (Å²) in [5, 5.41) is 60.5. The number of aliphatic hydroxyl groups is 4. The van der Waals surface area contributed by atoms with Crippen LogP contribution < -0.4 is 19.6 Å². The van der Waals surface area contributed by atoms with Gasteiger partial charge in [0.05, 0.1) is 20.8 Å². The summed E-state index contributed by atoms with van der Waals surface area (Å²) in [6.07, 6.45) is -7.88. The number of fused-ring (bicyclic) bond motifs is 1. The first-order chi connectivity index (χ1) is 16.7. The maximum absolute atomic E-state index is 12.9. The Kier molecular flexibility index (Phi) is 6.74. The van der Waals surface area contributed by atoms with Gasteiger partial charge < -0.3 is 54.0 Å². The minimum absolute atomic E-state index is 0.187. The summed E-state index contributed by atoms with van der Waals surface area (Å²) in [6, 6.07) is 7.47. The Balaban J connectivity index is 1.82. The molecule has 35 heavy (non-hydrogen) atoms. The van der Waals surface area contributed by atoms with Crippen molar-refractivity contribution < 1.29 is 54.0 Å². The van der Waals surface area contributed by atoms with Crippen molar-refractivity contribution in [1.82, 2.24) is 0 Å². The van der Waals surface area contributed by atoms with E-state index in [1.807, 2.05) is 0 Å². The normalized spacial score (nSPS) is 24.3. The molecule has 0 amide bonds. The van der Waals surface area contributed by atoms with Crippen LogP contribution >= 0.6 is 0 Å². The Morgan fingerprint density at radius 3 is 2.23 bits per heavy atom. The van der Waals surface area contributed by atoms with E-state index in [-0.39, 0.29) is 22.8 Å². The maximum atomic E-state index is 12.9. The lowest BCUT2D eigenvalue weighted by Crippen LogP contribution is -2.60. The number of methoxy groups -OCH3 is 2. The lowest BCUT2D eigenvalue weighted by atomic mass is 9.99. The molecule has 1 fully saturated rings. The Morgan fingerprint density at radius 1 is 0.943 bits per heavy atom. The number of hydrogen-bond acceptors (Lipinski definition) is 12. The van der Waals surface area contributed by atoms with Gasteiger partial charge in [-0.05, 0) is 24.3 Å². The molecule has 0 spiro atoms. The van der Waals surface area contributed by atoms with Gasteiger partial charge in [-0.15, -0.1) is 0 Å². The van der Waals surface area contributed by atoms with E-state index in [1.165, 1.54) is 20.3 Å². The Hall–Kier alpha value is -3.55. The number of phenols is 1. The van der Waals surface area contributed by atoms with Crippen LogP contribution in [0.15, 0.2) is 39.5 Å². The Morgan fingerprint density at radius 2 is 1.63 bits per heavy atom. The van der Waals surface area contributed by atoms with E-state index < -0.39 is 59.6 Å². The first kappa shape index (κ1) is 24.6. The molecule has 2 heterocycles. The molecule has 0 saturated carbocycles. The summed E-state index contributed by atoms with van der Waals surface area (Å²) in [5.41, 5.74) is -0.794. The molecule has 5 unspecified atom stereocenters.